The molecule has 0 spiro atoms. The molecule has 0 saturated carbocycles. The molecule has 2 aromatic rings. The number of aromatic nitrogens is 3. The quantitative estimate of drug-likeness (QED) is 0.752. The Bertz CT molecular complexity index is 808. The van der Waals surface area contributed by atoms with Gasteiger partial charge in [-0.15, -0.1) is 0 Å². The molecule has 0 aliphatic carbocycles. The molecule has 1 unspecified atom stereocenters. The van der Waals surface area contributed by atoms with E-state index in [4.69, 9.17) is 0 Å². The molecule has 2 heterocycles. The first-order chi connectivity index (χ1) is 12.3. The summed E-state index contributed by atoms with van der Waals surface area (Å²) in [6.45, 7) is 9.71. The first kappa shape index (κ1) is 19.9. The van der Waals surface area contributed by atoms with Gasteiger partial charge in [-0.3, -0.25) is 9.59 Å². The van der Waals surface area contributed by atoms with Crippen molar-refractivity contribution in [1.82, 2.24) is 20.1 Å². The fraction of sp³-hybridized carbons (Fsp3) is 0.579. The van der Waals surface area contributed by atoms with Crippen molar-refractivity contribution in [2.24, 2.45) is 5.41 Å². The maximum Gasteiger partial charge on any atom is 0.311 e. The molecule has 7 heteroatoms. The number of amides is 1. The highest BCUT2D eigenvalue weighted by Crippen LogP contribution is 2.27. The van der Waals surface area contributed by atoms with Crippen LogP contribution in [0.2, 0.25) is 0 Å². The Hall–Kier alpha value is -2.44. The van der Waals surface area contributed by atoms with E-state index in [-0.39, 0.29) is 18.5 Å². The van der Waals surface area contributed by atoms with Crippen molar-refractivity contribution in [2.75, 3.05) is 6.54 Å². The predicted octanol–water partition coefficient (Wildman–Crippen LogP) is 3.33. The number of carbonyl (C=O) groups excluding carboxylic acids is 1. The maximum atomic E-state index is 12.8. The third-order valence-electron chi connectivity index (χ3n) is 5.34. The van der Waals surface area contributed by atoms with Crippen LogP contribution in [0.15, 0.2) is 12.3 Å². The molecule has 2 aromatic heterocycles. The van der Waals surface area contributed by atoms with Crippen LogP contribution in [0.3, 0.4) is 0 Å². The molecule has 7 nitrogen and oxygen atoms in total. The van der Waals surface area contributed by atoms with Crippen molar-refractivity contribution < 1.29 is 14.7 Å². The number of rotatable bonds is 8. The van der Waals surface area contributed by atoms with Gasteiger partial charge in [-0.1, -0.05) is 20.8 Å². The van der Waals surface area contributed by atoms with E-state index in [1.807, 2.05) is 25.5 Å². The Morgan fingerprint density at radius 3 is 2.50 bits per heavy atom. The van der Waals surface area contributed by atoms with Gasteiger partial charge in [0.25, 0.3) is 5.91 Å². The molecule has 2 N–H and O–H groups in total. The summed E-state index contributed by atoms with van der Waals surface area (Å²) in [5.74, 6) is -1.18. The van der Waals surface area contributed by atoms with Gasteiger partial charge in [-0.2, -0.15) is 5.10 Å². The van der Waals surface area contributed by atoms with Gasteiger partial charge >= 0.3 is 5.97 Å². The summed E-state index contributed by atoms with van der Waals surface area (Å²) in [6.07, 6.45) is 3.47. The van der Waals surface area contributed by atoms with E-state index in [1.165, 1.54) is 0 Å². The topological polar surface area (TPSA) is 97.1 Å². The molecule has 1 atom stereocenters. The average Bonchev–Trinajstić information content (AvgIpc) is 3.04. The number of hydrogen-bond donors (Lipinski definition) is 2. The third kappa shape index (κ3) is 3.57. The first-order valence-corrected chi connectivity index (χ1v) is 9.16. The Labute approximate surface area is 153 Å². The van der Waals surface area contributed by atoms with E-state index in [9.17, 15) is 14.7 Å². The number of hydrogen-bond acceptors (Lipinski definition) is 4. The minimum absolute atomic E-state index is 0.0938. The van der Waals surface area contributed by atoms with Crippen LogP contribution in [0.4, 0.5) is 0 Å². The largest absolute Gasteiger partial charge is 0.481 e. The lowest BCUT2D eigenvalue weighted by Gasteiger charge is -2.26. The van der Waals surface area contributed by atoms with Crippen molar-refractivity contribution in [3.8, 4) is 0 Å². The zero-order valence-corrected chi connectivity index (χ0v) is 16.2. The van der Waals surface area contributed by atoms with E-state index >= 15 is 0 Å². The van der Waals surface area contributed by atoms with Crippen LogP contribution in [0, 0.1) is 12.3 Å². The van der Waals surface area contributed by atoms with Crippen LogP contribution in [-0.4, -0.2) is 38.3 Å². The average molecular weight is 360 g/mol. The summed E-state index contributed by atoms with van der Waals surface area (Å²) in [4.78, 5) is 29.0. The van der Waals surface area contributed by atoms with Crippen molar-refractivity contribution >= 4 is 22.9 Å². The molecule has 0 fully saturated rings. The van der Waals surface area contributed by atoms with Crippen LogP contribution >= 0.6 is 0 Å². The highest BCUT2D eigenvalue weighted by molar-refractivity contribution is 6.05. The van der Waals surface area contributed by atoms with Gasteiger partial charge in [-0.05, 0) is 39.2 Å². The second kappa shape index (κ2) is 7.85. The Kier molecular flexibility index (Phi) is 6.00. The second-order valence-electron chi connectivity index (χ2n) is 6.87. The lowest BCUT2D eigenvalue weighted by Crippen LogP contribution is -2.42. The lowest BCUT2D eigenvalue weighted by atomic mass is 9.82. The standard InChI is InChI=1S/C19H28N4O3/c1-6-13(5)23-16-15(10-21-23)14(9-12(4)22-16)17(24)20-11-19(7-2,8-3)18(25)26/h9-10,13H,6-8,11H2,1-5H3,(H,20,24)(H,25,26). The second-order valence-corrected chi connectivity index (χ2v) is 6.87. The van der Waals surface area contributed by atoms with Crippen LogP contribution in [0.1, 0.15) is 69.1 Å². The number of aryl methyl sites for hydroxylation is 1. The number of fused-ring (bicyclic) bond motifs is 1. The van der Waals surface area contributed by atoms with Crippen molar-refractivity contribution in [3.05, 3.63) is 23.5 Å². The molecule has 2 rings (SSSR count). The van der Waals surface area contributed by atoms with Gasteiger partial charge in [-0.25, -0.2) is 9.67 Å². The molecular weight excluding hydrogens is 332 g/mol. The van der Waals surface area contributed by atoms with E-state index in [1.54, 1.807) is 12.3 Å². The number of pyridine rings is 1. The number of nitrogens with one attached hydrogen (secondary N) is 1. The smallest absolute Gasteiger partial charge is 0.311 e. The van der Waals surface area contributed by atoms with E-state index in [0.29, 0.717) is 29.4 Å². The molecule has 26 heavy (non-hydrogen) atoms. The van der Waals surface area contributed by atoms with Crippen molar-refractivity contribution in [2.45, 2.75) is 59.9 Å². The van der Waals surface area contributed by atoms with E-state index in [0.717, 1.165) is 12.1 Å². The zero-order valence-electron chi connectivity index (χ0n) is 16.2. The van der Waals surface area contributed by atoms with Crippen LogP contribution < -0.4 is 5.32 Å². The van der Waals surface area contributed by atoms with Gasteiger partial charge in [0.05, 0.1) is 28.6 Å². The monoisotopic (exact) mass is 360 g/mol. The summed E-state index contributed by atoms with van der Waals surface area (Å²) >= 11 is 0. The highest BCUT2D eigenvalue weighted by atomic mass is 16.4. The van der Waals surface area contributed by atoms with E-state index in [2.05, 4.69) is 29.2 Å². The van der Waals surface area contributed by atoms with Crippen molar-refractivity contribution in [3.63, 3.8) is 0 Å². The summed E-state index contributed by atoms with van der Waals surface area (Å²) in [5.41, 5.74) is 0.939. The molecule has 1 amide bonds. The summed E-state index contributed by atoms with van der Waals surface area (Å²) in [6, 6.07) is 1.90. The number of carbonyl (C=O) groups is 2. The molecule has 0 aliphatic rings. The fourth-order valence-electron chi connectivity index (χ4n) is 3.05. The Morgan fingerprint density at radius 2 is 1.96 bits per heavy atom. The first-order valence-electron chi connectivity index (χ1n) is 9.16. The molecule has 142 valence electrons. The van der Waals surface area contributed by atoms with Gasteiger partial charge in [0.15, 0.2) is 5.65 Å². The van der Waals surface area contributed by atoms with Gasteiger partial charge in [0.1, 0.15) is 0 Å². The lowest BCUT2D eigenvalue weighted by molar-refractivity contribution is -0.149. The van der Waals surface area contributed by atoms with E-state index < -0.39 is 11.4 Å². The third-order valence-corrected chi connectivity index (χ3v) is 5.34. The molecule has 0 saturated heterocycles. The number of nitrogens with zero attached hydrogens (tertiary/aromatic N) is 3. The SMILES string of the molecule is CCC(C)n1ncc2c(C(=O)NCC(CC)(CC)C(=O)O)cc(C)nc21. The van der Waals surface area contributed by atoms with Gasteiger partial charge < -0.3 is 10.4 Å². The molecule has 0 radical (unpaired) electrons. The van der Waals surface area contributed by atoms with Crippen LogP contribution in [0.5, 0.6) is 0 Å². The summed E-state index contributed by atoms with van der Waals surface area (Å²) in [7, 11) is 0. The normalized spacial score (nSPS) is 13.0. The molecule has 0 aliphatic heterocycles. The minimum atomic E-state index is -0.947. The summed E-state index contributed by atoms with van der Waals surface area (Å²) < 4.78 is 1.83. The van der Waals surface area contributed by atoms with Crippen LogP contribution in [0.25, 0.3) is 11.0 Å². The Morgan fingerprint density at radius 1 is 1.31 bits per heavy atom. The van der Waals surface area contributed by atoms with Gasteiger partial charge in [0, 0.05) is 12.2 Å². The molecular formula is C19H28N4O3. The molecule has 0 bridgehead atoms. The van der Waals surface area contributed by atoms with Gasteiger partial charge in [0.2, 0.25) is 0 Å². The van der Waals surface area contributed by atoms with Crippen LogP contribution in [-0.2, 0) is 4.79 Å². The highest BCUT2D eigenvalue weighted by Gasteiger charge is 2.35. The number of aliphatic carboxylic acids is 1. The Balaban J connectivity index is 2.36. The maximum absolute atomic E-state index is 12.8. The fourth-order valence-corrected chi connectivity index (χ4v) is 3.05. The number of carboxylic acid groups (broad SMARTS) is 1. The summed E-state index contributed by atoms with van der Waals surface area (Å²) in [5, 5.41) is 17.4. The van der Waals surface area contributed by atoms with Crippen molar-refractivity contribution in [1.29, 1.82) is 0 Å². The molecule has 0 aromatic carbocycles. The zero-order chi connectivity index (χ0) is 19.5. The number of carboxylic acids is 1. The predicted molar refractivity (Wildman–Crippen MR) is 100 cm³/mol. The minimum Gasteiger partial charge on any atom is -0.481 e.